The molecule has 0 saturated heterocycles. The number of nitrogens with zero attached hydrogens (tertiary/aromatic N) is 5. The quantitative estimate of drug-likeness (QED) is 0.0253. The Morgan fingerprint density at radius 2 is 0.901 bits per heavy atom. The minimum atomic E-state index is -1.00. The number of halogens is 4. The van der Waals surface area contributed by atoms with E-state index >= 15 is 0 Å². The highest BCUT2D eigenvalue weighted by Crippen LogP contribution is 2.49. The van der Waals surface area contributed by atoms with Crippen LogP contribution < -0.4 is 4.90 Å². The summed E-state index contributed by atoms with van der Waals surface area (Å²) in [6.07, 6.45) is 58.8. The summed E-state index contributed by atoms with van der Waals surface area (Å²) in [6, 6.07) is 37.0. The molecule has 0 radical (unpaired) electrons. The van der Waals surface area contributed by atoms with Crippen LogP contribution >= 0.6 is 35.6 Å². The number of fused-ring (bicyclic) bond motifs is 3. The van der Waals surface area contributed by atoms with Crippen molar-refractivity contribution in [3.05, 3.63) is 188 Å². The molecule has 0 spiro atoms. The van der Waals surface area contributed by atoms with Crippen LogP contribution in [0.5, 0.6) is 0 Å². The lowest BCUT2D eigenvalue weighted by molar-refractivity contribution is -0.439. The van der Waals surface area contributed by atoms with E-state index in [1.54, 1.807) is 0 Å². The molecule has 3 heterocycles. The van der Waals surface area contributed by atoms with Gasteiger partial charge in [-0.05, 0) is 125 Å². The summed E-state index contributed by atoms with van der Waals surface area (Å²) in [7, 11) is 3.01. The van der Waals surface area contributed by atoms with Gasteiger partial charge in [0.15, 0.2) is 11.4 Å². The number of alkyl halides is 1. The molecular weight excluding hydrogens is 1300 g/mol. The lowest BCUT2D eigenvalue weighted by Crippen LogP contribution is -2.28. The molecule has 9 rings (SSSR count). The Bertz CT molecular complexity index is 3410. The third-order valence-corrected chi connectivity index (χ3v) is 22.8. The van der Waals surface area contributed by atoms with Gasteiger partial charge in [0.05, 0.1) is 25.0 Å². The van der Waals surface area contributed by atoms with Crippen molar-refractivity contribution in [3.63, 3.8) is 0 Å². The van der Waals surface area contributed by atoms with Gasteiger partial charge < -0.3 is 9.80 Å². The minimum Gasteiger partial charge on any atom is -0.383 e. The summed E-state index contributed by atoms with van der Waals surface area (Å²) >= 11 is 13.6. The molecule has 2 aliphatic carbocycles. The van der Waals surface area contributed by atoms with Crippen LogP contribution in [0.1, 0.15) is 306 Å². The Kier molecular flexibility index (Phi) is 39.0. The highest BCUT2D eigenvalue weighted by molar-refractivity contribution is 6.34. The molecule has 101 heavy (non-hydrogen) atoms. The highest BCUT2D eigenvalue weighted by Gasteiger charge is 2.45. The molecule has 0 N–H and O–H groups in total. The fourth-order valence-corrected chi connectivity index (χ4v) is 16.2. The molecule has 5 aliphatic rings. The Balaban J connectivity index is 0.000000331. The van der Waals surface area contributed by atoms with Crippen molar-refractivity contribution in [2.45, 2.75) is 304 Å². The summed E-state index contributed by atoms with van der Waals surface area (Å²) in [4.78, 5) is 9.08. The second-order valence-corrected chi connectivity index (χ2v) is 31.6. The molecule has 5 nitrogen and oxygen atoms in total. The Labute approximate surface area is 634 Å². The SMILES string of the molecule is CCCCCCCCCCCCN1/C(=C/C=C2\CCC(/C=C/C3=[N+](CCCCCCCCCCCC)c4ccccc4C3(C)C)=C2Cl)C(C)(C)c2ccccc21.CCCCCCCCCCCC[N+]1=C(C)C(C)(C)c2ccccc21.CN(C)/C=C1\CCC(C=Nc2ccccc2)=C1Cl.Cl.[2H]CF. The van der Waals surface area contributed by atoms with Gasteiger partial charge in [0.1, 0.15) is 13.1 Å². The molecule has 0 atom stereocenters. The molecule has 0 saturated carbocycles. The van der Waals surface area contributed by atoms with Gasteiger partial charge >= 0.3 is 0 Å². The highest BCUT2D eigenvalue weighted by atomic mass is 35.5. The number of hydrogen-bond donors (Lipinski definition) is 0. The van der Waals surface area contributed by atoms with Crippen LogP contribution in [0.15, 0.2) is 177 Å². The van der Waals surface area contributed by atoms with Gasteiger partial charge in [-0.25, -0.2) is 0 Å². The topological polar surface area (TPSA) is 24.9 Å². The zero-order chi connectivity index (χ0) is 72.9. The van der Waals surface area contributed by atoms with E-state index in [2.05, 4.69) is 192 Å². The van der Waals surface area contributed by atoms with Crippen molar-refractivity contribution in [3.8, 4) is 0 Å². The standard InChI is InChI=1S/C53H78ClN2.C23H38N.C15H17ClN2.CH3F.ClH/c1-7-9-11-13-15-17-19-21-23-29-41-55-47-33-27-25-31-45(47)52(3,4)49(55)39-37-43-35-36-44(51(43)54)38-40-50-53(5,6)46-32-26-28-34-48(46)56(50)42-30-24-22-20-18-16-14-12-10-8-2;1-5-6-7-8-9-10-11-12-13-16-19-24-20(2)23(3,4)21-17-14-15-18-22(21)24;1-18(2)11-13-9-8-12(15(13)16)10-17-14-6-4-3-5-7-14;1-2;/h25-28,31-34,37-40H,7-24,29-30,35-36,41-42H2,1-6H3;14-15,17-18H,5-13,16,19H2,1-4H3;3-7,10-11H,8-9H2,1-2H3;1H3;1H/q2*+1;;;/b;;13-11+,17-10?;;/i;;;1D;. The first-order valence-corrected chi connectivity index (χ1v) is 40.7. The van der Waals surface area contributed by atoms with Crippen LogP contribution in [0.2, 0.25) is 0 Å². The Morgan fingerprint density at radius 1 is 0.485 bits per heavy atom. The molecule has 9 heteroatoms. The maximum atomic E-state index is 9.96. The predicted molar refractivity (Wildman–Crippen MR) is 447 cm³/mol. The number of allylic oxidation sites excluding steroid dienone is 11. The molecule has 4 aromatic rings. The van der Waals surface area contributed by atoms with Crippen molar-refractivity contribution in [2.75, 3.05) is 45.8 Å². The van der Waals surface area contributed by atoms with Crippen molar-refractivity contribution >= 4 is 76.0 Å². The van der Waals surface area contributed by atoms with Gasteiger partial charge in [-0.15, -0.1) is 12.4 Å². The molecule has 0 unspecified atom stereocenters. The lowest BCUT2D eigenvalue weighted by Gasteiger charge is -2.27. The Hall–Kier alpha value is -5.27. The van der Waals surface area contributed by atoms with Crippen LogP contribution in [0.25, 0.3) is 0 Å². The monoisotopic (exact) mass is 1440 g/mol. The first-order chi connectivity index (χ1) is 48.9. The molecule has 3 aliphatic heterocycles. The van der Waals surface area contributed by atoms with Crippen molar-refractivity contribution < 1.29 is 14.9 Å². The first kappa shape index (κ1) is 84.7. The molecular formula is C92H137Cl3FN5+2. The van der Waals surface area contributed by atoms with Gasteiger partial charge in [-0.3, -0.25) is 9.38 Å². The largest absolute Gasteiger partial charge is 0.383 e. The Morgan fingerprint density at radius 3 is 1.43 bits per heavy atom. The van der Waals surface area contributed by atoms with Gasteiger partial charge in [-0.1, -0.05) is 303 Å². The minimum absolute atomic E-state index is 0. The maximum absolute atomic E-state index is 9.96. The number of hydrogen-bond acceptors (Lipinski definition) is 3. The van der Waals surface area contributed by atoms with Crippen LogP contribution in [0.3, 0.4) is 0 Å². The van der Waals surface area contributed by atoms with Crippen LogP contribution in [-0.2, 0) is 16.2 Å². The van der Waals surface area contributed by atoms with Crippen molar-refractivity contribution in [2.24, 2.45) is 4.99 Å². The van der Waals surface area contributed by atoms with E-state index in [9.17, 15) is 4.39 Å². The second-order valence-electron chi connectivity index (χ2n) is 30.9. The molecule has 556 valence electrons. The second kappa shape index (κ2) is 46.5. The molecule has 0 bridgehead atoms. The third kappa shape index (κ3) is 26.1. The average Bonchev–Trinajstić information content (AvgIpc) is 1.77. The van der Waals surface area contributed by atoms with E-state index in [1.165, 1.54) is 267 Å². The zero-order valence-electron chi connectivity index (χ0n) is 66.4. The molecule has 0 amide bonds. The first-order valence-electron chi connectivity index (χ1n) is 40.6. The number of unbranched alkanes of at least 4 members (excludes halogenated alkanes) is 27. The number of anilines is 1. The van der Waals surface area contributed by atoms with Crippen LogP contribution in [0.4, 0.5) is 27.1 Å². The fraction of sp³-hybridized carbons (Fsp3) is 0.576. The average molecular weight is 1440 g/mol. The van der Waals surface area contributed by atoms with E-state index in [1.807, 2.05) is 55.5 Å². The van der Waals surface area contributed by atoms with Crippen molar-refractivity contribution in [1.82, 2.24) is 4.90 Å². The summed E-state index contributed by atoms with van der Waals surface area (Å²) in [5.41, 5.74) is 18.8. The smallest absolute Gasteiger partial charge is 0.209 e. The summed E-state index contributed by atoms with van der Waals surface area (Å²) in [6.45, 7) is 26.9. The number of benzene rings is 4. The molecule has 4 aromatic carbocycles. The van der Waals surface area contributed by atoms with Crippen molar-refractivity contribution in [1.29, 1.82) is 0 Å². The number of rotatable bonds is 39. The zero-order valence-corrected chi connectivity index (χ0v) is 67.8. The van der Waals surface area contributed by atoms with E-state index < -0.39 is 7.15 Å². The summed E-state index contributed by atoms with van der Waals surface area (Å²) < 4.78 is 20.7. The van der Waals surface area contributed by atoms with Crippen LogP contribution in [-0.4, -0.2) is 72.6 Å². The summed E-state index contributed by atoms with van der Waals surface area (Å²) in [5, 5.41) is 1.80. The van der Waals surface area contributed by atoms with Gasteiger partial charge in [0.2, 0.25) is 11.4 Å². The lowest BCUT2D eigenvalue weighted by atomic mass is 9.81. The fourth-order valence-electron chi connectivity index (χ4n) is 15.6. The normalized spacial score (nSPS) is 17.6. The van der Waals surface area contributed by atoms with E-state index in [-0.39, 0.29) is 28.7 Å². The molecule has 0 fully saturated rings. The number of para-hydroxylation sites is 4. The van der Waals surface area contributed by atoms with Gasteiger partial charge in [0.25, 0.3) is 0 Å². The summed E-state index contributed by atoms with van der Waals surface area (Å²) in [5.74, 6) is 0. The van der Waals surface area contributed by atoms with E-state index in [4.69, 9.17) is 24.6 Å². The van der Waals surface area contributed by atoms with Gasteiger partial charge in [0, 0.05) is 109 Å². The van der Waals surface area contributed by atoms with E-state index in [0.717, 1.165) is 60.1 Å². The number of aliphatic imine (C=N–C) groups is 1. The van der Waals surface area contributed by atoms with Gasteiger partial charge in [-0.2, -0.15) is 9.15 Å². The molecule has 0 aromatic heterocycles. The predicted octanol–water partition coefficient (Wildman–Crippen LogP) is 28.5. The van der Waals surface area contributed by atoms with E-state index in [0.29, 0.717) is 0 Å². The van der Waals surface area contributed by atoms with Crippen LogP contribution in [0, 0.1) is 0 Å². The maximum Gasteiger partial charge on any atom is 0.209 e. The third-order valence-electron chi connectivity index (χ3n) is 21.9.